The van der Waals surface area contributed by atoms with Crippen LogP contribution in [0.4, 0.5) is 10.1 Å². The molecule has 1 heterocycles. The summed E-state index contributed by atoms with van der Waals surface area (Å²) in [5.41, 5.74) is 0.0362. The molecule has 2 N–H and O–H groups in total. The highest BCUT2D eigenvalue weighted by Crippen LogP contribution is 2.39. The molecule has 0 aromatic carbocycles. The topological polar surface area (TPSA) is 79.3 Å². The predicted octanol–water partition coefficient (Wildman–Crippen LogP) is 2.30. The largest absolute Gasteiger partial charge is 0.481 e. The van der Waals surface area contributed by atoms with E-state index in [1.807, 2.05) is 6.92 Å². The molecule has 0 aliphatic heterocycles. The van der Waals surface area contributed by atoms with Gasteiger partial charge < -0.3 is 10.4 Å². The van der Waals surface area contributed by atoms with Crippen molar-refractivity contribution in [2.24, 2.45) is 17.8 Å². The fourth-order valence-electron chi connectivity index (χ4n) is 2.74. The van der Waals surface area contributed by atoms with Gasteiger partial charge in [0.2, 0.25) is 5.91 Å². The molecule has 0 bridgehead atoms. The van der Waals surface area contributed by atoms with Gasteiger partial charge in [-0.1, -0.05) is 13.3 Å². The quantitative estimate of drug-likeness (QED) is 0.887. The summed E-state index contributed by atoms with van der Waals surface area (Å²) in [5.74, 6) is -3.09. The van der Waals surface area contributed by atoms with Crippen molar-refractivity contribution in [1.29, 1.82) is 0 Å². The standard InChI is InChI=1S/C14H17FN2O3/c1-2-8-5-9(10(6-8)14(19)20)13(18)17-12-3-4-16-7-11(12)15/h3-4,7-10H,2,5-6H2,1H3,(H,19,20)(H,16,17,18)/t8?,9-,10+/m0/s1. The molecule has 20 heavy (non-hydrogen) atoms. The van der Waals surface area contributed by atoms with E-state index in [0.29, 0.717) is 12.8 Å². The maximum atomic E-state index is 13.4. The van der Waals surface area contributed by atoms with Crippen molar-refractivity contribution in [3.63, 3.8) is 0 Å². The van der Waals surface area contributed by atoms with Crippen LogP contribution in [0.2, 0.25) is 0 Å². The molecule has 1 aliphatic carbocycles. The van der Waals surface area contributed by atoms with Crippen LogP contribution in [0.25, 0.3) is 0 Å². The molecule has 0 radical (unpaired) electrons. The van der Waals surface area contributed by atoms with E-state index in [9.17, 15) is 19.1 Å². The van der Waals surface area contributed by atoms with Crippen LogP contribution in [0.15, 0.2) is 18.5 Å². The third kappa shape index (κ3) is 2.95. The first-order valence-electron chi connectivity index (χ1n) is 6.66. The summed E-state index contributed by atoms with van der Waals surface area (Å²) >= 11 is 0. The normalized spacial score (nSPS) is 25.4. The predicted molar refractivity (Wildman–Crippen MR) is 70.5 cm³/mol. The average molecular weight is 280 g/mol. The number of anilines is 1. The first kappa shape index (κ1) is 14.4. The third-order valence-electron chi connectivity index (χ3n) is 3.92. The molecule has 5 nitrogen and oxygen atoms in total. The Labute approximate surface area is 116 Å². The molecule has 3 atom stereocenters. The zero-order chi connectivity index (χ0) is 14.7. The summed E-state index contributed by atoms with van der Waals surface area (Å²) in [6.07, 6.45) is 4.26. The molecule has 1 aromatic rings. The zero-order valence-corrected chi connectivity index (χ0v) is 11.2. The van der Waals surface area contributed by atoms with E-state index >= 15 is 0 Å². The lowest BCUT2D eigenvalue weighted by Crippen LogP contribution is -2.30. The number of pyridine rings is 1. The molecular weight excluding hydrogens is 263 g/mol. The second kappa shape index (κ2) is 5.98. The molecule has 108 valence electrons. The molecule has 2 rings (SSSR count). The molecule has 1 amide bonds. The van der Waals surface area contributed by atoms with E-state index in [2.05, 4.69) is 10.3 Å². The SMILES string of the molecule is CCC1C[C@H](C(=O)Nc2ccncc2F)[C@H](C(=O)O)C1. The highest BCUT2D eigenvalue weighted by Gasteiger charge is 2.42. The molecule has 0 saturated heterocycles. The highest BCUT2D eigenvalue weighted by atomic mass is 19.1. The number of carboxylic acid groups (broad SMARTS) is 1. The van der Waals surface area contributed by atoms with Gasteiger partial charge in [-0.25, -0.2) is 4.39 Å². The number of nitrogens with one attached hydrogen (secondary N) is 1. The van der Waals surface area contributed by atoms with Crippen LogP contribution in [-0.4, -0.2) is 22.0 Å². The molecular formula is C14H17FN2O3. The molecule has 1 saturated carbocycles. The summed E-state index contributed by atoms with van der Waals surface area (Å²) in [4.78, 5) is 27.0. The Morgan fingerprint density at radius 3 is 2.75 bits per heavy atom. The van der Waals surface area contributed by atoms with Gasteiger partial charge in [0.25, 0.3) is 0 Å². The van der Waals surface area contributed by atoms with Crippen molar-refractivity contribution >= 4 is 17.6 Å². The molecule has 1 aromatic heterocycles. The Kier molecular flexibility index (Phi) is 4.32. The van der Waals surface area contributed by atoms with Crippen LogP contribution >= 0.6 is 0 Å². The Bertz CT molecular complexity index is 521. The minimum atomic E-state index is -0.962. The number of amides is 1. The molecule has 1 unspecified atom stereocenters. The number of halogens is 1. The van der Waals surface area contributed by atoms with Crippen LogP contribution in [0.5, 0.6) is 0 Å². The lowest BCUT2D eigenvalue weighted by Gasteiger charge is -2.15. The maximum Gasteiger partial charge on any atom is 0.307 e. The van der Waals surface area contributed by atoms with Gasteiger partial charge >= 0.3 is 5.97 Å². The number of rotatable bonds is 4. The van der Waals surface area contributed by atoms with Gasteiger partial charge in [0.05, 0.1) is 23.7 Å². The Balaban J connectivity index is 2.11. The molecule has 1 aliphatic rings. The van der Waals surface area contributed by atoms with Gasteiger partial charge in [-0.05, 0) is 24.8 Å². The number of aliphatic carboxylic acids is 1. The number of carbonyl (C=O) groups excluding carboxylic acids is 1. The summed E-state index contributed by atoms with van der Waals surface area (Å²) in [6, 6.07) is 1.36. The molecule has 6 heteroatoms. The maximum absolute atomic E-state index is 13.4. The highest BCUT2D eigenvalue weighted by molar-refractivity contribution is 5.95. The zero-order valence-electron chi connectivity index (χ0n) is 11.2. The Morgan fingerprint density at radius 1 is 1.45 bits per heavy atom. The number of aromatic nitrogens is 1. The summed E-state index contributed by atoms with van der Waals surface area (Å²) < 4.78 is 13.4. The van der Waals surface area contributed by atoms with E-state index < -0.39 is 29.5 Å². The van der Waals surface area contributed by atoms with Crippen LogP contribution in [-0.2, 0) is 9.59 Å². The van der Waals surface area contributed by atoms with Crippen LogP contribution < -0.4 is 5.32 Å². The van der Waals surface area contributed by atoms with Crippen LogP contribution in [0.1, 0.15) is 26.2 Å². The summed E-state index contributed by atoms with van der Waals surface area (Å²) in [6.45, 7) is 1.98. The van der Waals surface area contributed by atoms with Gasteiger partial charge in [-0.15, -0.1) is 0 Å². The average Bonchev–Trinajstić information content (AvgIpc) is 2.86. The number of hydrogen-bond donors (Lipinski definition) is 2. The smallest absolute Gasteiger partial charge is 0.307 e. The van der Waals surface area contributed by atoms with E-state index in [4.69, 9.17) is 0 Å². The number of hydrogen-bond acceptors (Lipinski definition) is 3. The number of nitrogens with zero attached hydrogens (tertiary/aromatic N) is 1. The lowest BCUT2D eigenvalue weighted by atomic mass is 9.95. The molecule has 1 fully saturated rings. The van der Waals surface area contributed by atoms with E-state index in [-0.39, 0.29) is 11.6 Å². The summed E-state index contributed by atoms with van der Waals surface area (Å²) in [7, 11) is 0. The number of carbonyl (C=O) groups is 2. The van der Waals surface area contributed by atoms with Gasteiger partial charge in [-0.2, -0.15) is 0 Å². The second-order valence-electron chi connectivity index (χ2n) is 5.14. The van der Waals surface area contributed by atoms with Gasteiger partial charge in [0.1, 0.15) is 0 Å². The molecule has 0 spiro atoms. The van der Waals surface area contributed by atoms with Crippen molar-refractivity contribution in [2.75, 3.05) is 5.32 Å². The Morgan fingerprint density at radius 2 is 2.15 bits per heavy atom. The Hall–Kier alpha value is -1.98. The van der Waals surface area contributed by atoms with E-state index in [1.54, 1.807) is 0 Å². The monoisotopic (exact) mass is 280 g/mol. The number of carboxylic acids is 1. The van der Waals surface area contributed by atoms with Gasteiger partial charge in [0.15, 0.2) is 5.82 Å². The van der Waals surface area contributed by atoms with Gasteiger partial charge in [0, 0.05) is 6.20 Å². The van der Waals surface area contributed by atoms with Crippen molar-refractivity contribution in [3.8, 4) is 0 Å². The van der Waals surface area contributed by atoms with Crippen molar-refractivity contribution in [2.45, 2.75) is 26.2 Å². The fraction of sp³-hybridized carbons (Fsp3) is 0.500. The first-order valence-corrected chi connectivity index (χ1v) is 6.66. The minimum Gasteiger partial charge on any atom is -0.481 e. The summed E-state index contributed by atoms with van der Waals surface area (Å²) in [5, 5.41) is 11.7. The van der Waals surface area contributed by atoms with E-state index in [0.717, 1.165) is 12.6 Å². The van der Waals surface area contributed by atoms with E-state index in [1.165, 1.54) is 12.3 Å². The first-order chi connectivity index (χ1) is 9.52. The van der Waals surface area contributed by atoms with Gasteiger partial charge in [-0.3, -0.25) is 14.6 Å². The second-order valence-corrected chi connectivity index (χ2v) is 5.14. The fourth-order valence-corrected chi connectivity index (χ4v) is 2.74. The minimum absolute atomic E-state index is 0.0362. The third-order valence-corrected chi connectivity index (χ3v) is 3.92. The lowest BCUT2D eigenvalue weighted by molar-refractivity contribution is -0.145. The van der Waals surface area contributed by atoms with Crippen molar-refractivity contribution < 1.29 is 19.1 Å². The van der Waals surface area contributed by atoms with Crippen LogP contribution in [0, 0.1) is 23.6 Å². The van der Waals surface area contributed by atoms with Crippen LogP contribution in [0.3, 0.4) is 0 Å². The van der Waals surface area contributed by atoms with Crippen molar-refractivity contribution in [1.82, 2.24) is 4.98 Å². The van der Waals surface area contributed by atoms with Crippen molar-refractivity contribution in [3.05, 3.63) is 24.3 Å².